The summed E-state index contributed by atoms with van der Waals surface area (Å²) in [6.07, 6.45) is -4.62. The molecule has 0 saturated carbocycles. The third-order valence-corrected chi connectivity index (χ3v) is 5.04. The lowest BCUT2D eigenvalue weighted by Gasteiger charge is -2.15. The van der Waals surface area contributed by atoms with Crippen molar-refractivity contribution in [1.82, 2.24) is 9.78 Å². The molecule has 0 aliphatic rings. The maximum Gasteiger partial charge on any atom is 0.416 e. The molecule has 0 atom stereocenters. The van der Waals surface area contributed by atoms with E-state index in [1.165, 1.54) is 11.6 Å². The first-order valence-electron chi connectivity index (χ1n) is 9.54. The van der Waals surface area contributed by atoms with Crippen molar-refractivity contribution in [2.24, 2.45) is 0 Å². The normalized spacial score (nSPS) is 11.3. The van der Waals surface area contributed by atoms with Crippen LogP contribution in [0.4, 0.5) is 24.5 Å². The number of benzene rings is 2. The molecule has 0 radical (unpaired) electrons. The summed E-state index contributed by atoms with van der Waals surface area (Å²) in [6.45, 7) is 5.06. The highest BCUT2D eigenvalue weighted by atomic mass is 35.5. The van der Waals surface area contributed by atoms with Crippen LogP contribution in [-0.4, -0.2) is 21.6 Å². The molecule has 10 heteroatoms. The van der Waals surface area contributed by atoms with E-state index in [-0.39, 0.29) is 22.1 Å². The number of aromatic nitrogens is 2. The molecule has 6 nitrogen and oxygen atoms in total. The van der Waals surface area contributed by atoms with Gasteiger partial charge in [-0.05, 0) is 37.6 Å². The fourth-order valence-electron chi connectivity index (χ4n) is 3.09. The van der Waals surface area contributed by atoms with Gasteiger partial charge in [0.1, 0.15) is 5.15 Å². The van der Waals surface area contributed by atoms with Crippen molar-refractivity contribution < 1.29 is 22.8 Å². The van der Waals surface area contributed by atoms with E-state index < -0.39 is 23.6 Å². The summed E-state index contributed by atoms with van der Waals surface area (Å²) >= 11 is 6.39. The monoisotopic (exact) mass is 464 g/mol. The summed E-state index contributed by atoms with van der Waals surface area (Å²) in [4.78, 5) is 24.4. The first kappa shape index (κ1) is 23.3. The van der Waals surface area contributed by atoms with Gasteiger partial charge in [-0.2, -0.15) is 18.3 Å². The number of hydrogen-bond acceptors (Lipinski definition) is 3. The van der Waals surface area contributed by atoms with Gasteiger partial charge in [0.2, 0.25) is 5.91 Å². The van der Waals surface area contributed by atoms with E-state index in [1.807, 2.05) is 31.2 Å². The van der Waals surface area contributed by atoms with E-state index in [2.05, 4.69) is 15.7 Å². The molecule has 3 aromatic rings. The number of nitrogens with one attached hydrogen (secondary N) is 2. The van der Waals surface area contributed by atoms with Gasteiger partial charge in [0, 0.05) is 6.92 Å². The predicted octanol–water partition coefficient (Wildman–Crippen LogP) is 5.43. The van der Waals surface area contributed by atoms with Gasteiger partial charge < -0.3 is 10.6 Å². The Morgan fingerprint density at radius 1 is 1.03 bits per heavy atom. The van der Waals surface area contributed by atoms with Crippen molar-refractivity contribution in [3.05, 3.63) is 75.6 Å². The Morgan fingerprint density at radius 2 is 1.69 bits per heavy atom. The van der Waals surface area contributed by atoms with Gasteiger partial charge >= 0.3 is 6.18 Å². The summed E-state index contributed by atoms with van der Waals surface area (Å²) in [6, 6.07) is 10.3. The Balaban J connectivity index is 1.92. The van der Waals surface area contributed by atoms with Crippen molar-refractivity contribution in [1.29, 1.82) is 0 Å². The molecular weight excluding hydrogens is 445 g/mol. The molecule has 1 aromatic heterocycles. The van der Waals surface area contributed by atoms with Crippen molar-refractivity contribution in [2.45, 2.75) is 33.5 Å². The summed E-state index contributed by atoms with van der Waals surface area (Å²) in [7, 11) is 0. The molecule has 3 rings (SSSR count). The van der Waals surface area contributed by atoms with Crippen molar-refractivity contribution in [2.75, 3.05) is 10.6 Å². The van der Waals surface area contributed by atoms with E-state index >= 15 is 0 Å². The topological polar surface area (TPSA) is 76.0 Å². The fourth-order valence-corrected chi connectivity index (χ4v) is 3.41. The highest BCUT2D eigenvalue weighted by Gasteiger charge is 2.31. The summed E-state index contributed by atoms with van der Waals surface area (Å²) < 4.78 is 40.9. The largest absolute Gasteiger partial charge is 0.416 e. The highest BCUT2D eigenvalue weighted by molar-refractivity contribution is 6.33. The first-order chi connectivity index (χ1) is 15.0. The van der Waals surface area contributed by atoms with Gasteiger partial charge in [0.15, 0.2) is 0 Å². The van der Waals surface area contributed by atoms with Gasteiger partial charge in [-0.3, -0.25) is 9.59 Å². The Labute approximate surface area is 187 Å². The third kappa shape index (κ3) is 5.28. The number of nitrogens with zero attached hydrogens (tertiary/aromatic N) is 2. The predicted molar refractivity (Wildman–Crippen MR) is 116 cm³/mol. The maximum absolute atomic E-state index is 13.2. The van der Waals surface area contributed by atoms with Crippen LogP contribution in [0.5, 0.6) is 0 Å². The minimum absolute atomic E-state index is 0.0275. The number of amides is 2. The van der Waals surface area contributed by atoms with E-state index in [1.54, 1.807) is 6.92 Å². The Morgan fingerprint density at radius 3 is 2.28 bits per heavy atom. The number of alkyl halides is 3. The molecular formula is C22H20ClF3N4O2. The van der Waals surface area contributed by atoms with Gasteiger partial charge in [-0.15, -0.1) is 0 Å². The lowest BCUT2D eigenvalue weighted by molar-refractivity contribution is -0.137. The number of carbonyl (C=O) groups is 2. The smallest absolute Gasteiger partial charge is 0.325 e. The van der Waals surface area contributed by atoms with E-state index in [0.717, 1.165) is 29.3 Å². The minimum Gasteiger partial charge on any atom is -0.325 e. The van der Waals surface area contributed by atoms with Gasteiger partial charge in [0.05, 0.1) is 34.7 Å². The number of aryl methyl sites for hydroxylation is 2. The standard InChI is InChI=1S/C22H20ClF3N4O2/c1-12-4-6-15(7-5-12)11-30-20(23)19(13(2)29-30)21(32)28-18-10-16(22(24,25)26)8-9-17(18)27-14(3)31/h4-10H,11H2,1-3H3,(H,27,31)(H,28,32). The molecule has 168 valence electrons. The zero-order valence-corrected chi connectivity index (χ0v) is 18.2. The van der Waals surface area contributed by atoms with Crippen molar-refractivity contribution >= 4 is 34.8 Å². The van der Waals surface area contributed by atoms with Gasteiger partial charge in [-0.1, -0.05) is 41.4 Å². The molecule has 2 N–H and O–H groups in total. The van der Waals surface area contributed by atoms with E-state index in [4.69, 9.17) is 11.6 Å². The zero-order chi connectivity index (χ0) is 23.6. The lowest BCUT2D eigenvalue weighted by atomic mass is 10.1. The molecule has 2 aromatic carbocycles. The average Bonchev–Trinajstić information content (AvgIpc) is 2.97. The van der Waals surface area contributed by atoms with Crippen molar-refractivity contribution in [3.63, 3.8) is 0 Å². The molecule has 0 fully saturated rings. The molecule has 0 spiro atoms. The number of rotatable bonds is 5. The molecule has 1 heterocycles. The second-order valence-corrected chi connectivity index (χ2v) is 7.65. The summed E-state index contributed by atoms with van der Waals surface area (Å²) in [5.74, 6) is -1.24. The molecule has 0 aliphatic heterocycles. The molecule has 32 heavy (non-hydrogen) atoms. The summed E-state index contributed by atoms with van der Waals surface area (Å²) in [5.41, 5.74) is 1.20. The number of carbonyl (C=O) groups excluding carboxylic acids is 2. The fraction of sp³-hybridized carbons (Fsp3) is 0.227. The second-order valence-electron chi connectivity index (χ2n) is 7.29. The Kier molecular flexibility index (Phi) is 6.59. The number of hydrogen-bond donors (Lipinski definition) is 2. The van der Waals surface area contributed by atoms with E-state index in [9.17, 15) is 22.8 Å². The van der Waals surface area contributed by atoms with Crippen LogP contribution in [-0.2, 0) is 17.5 Å². The van der Waals surface area contributed by atoms with E-state index in [0.29, 0.717) is 12.2 Å². The highest BCUT2D eigenvalue weighted by Crippen LogP contribution is 2.34. The minimum atomic E-state index is -4.62. The van der Waals surface area contributed by atoms with Crippen LogP contribution in [0.2, 0.25) is 5.15 Å². The lowest BCUT2D eigenvalue weighted by Crippen LogP contribution is -2.17. The van der Waals surface area contributed by atoms with Crippen LogP contribution < -0.4 is 10.6 Å². The maximum atomic E-state index is 13.2. The third-order valence-electron chi connectivity index (χ3n) is 4.65. The number of anilines is 2. The summed E-state index contributed by atoms with van der Waals surface area (Å²) in [5, 5.41) is 9.17. The van der Waals surface area contributed by atoms with Crippen LogP contribution >= 0.6 is 11.6 Å². The number of halogens is 4. The van der Waals surface area contributed by atoms with Gasteiger partial charge in [-0.25, -0.2) is 4.68 Å². The van der Waals surface area contributed by atoms with Gasteiger partial charge in [0.25, 0.3) is 5.91 Å². The molecule has 2 amide bonds. The van der Waals surface area contributed by atoms with Crippen LogP contribution in [0.1, 0.15) is 39.7 Å². The molecule has 0 unspecified atom stereocenters. The quantitative estimate of drug-likeness (QED) is 0.528. The molecule has 0 bridgehead atoms. The van der Waals surface area contributed by atoms with Crippen LogP contribution in [0.25, 0.3) is 0 Å². The first-order valence-corrected chi connectivity index (χ1v) is 9.92. The van der Waals surface area contributed by atoms with Crippen LogP contribution in [0, 0.1) is 13.8 Å². The van der Waals surface area contributed by atoms with Crippen molar-refractivity contribution in [3.8, 4) is 0 Å². The van der Waals surface area contributed by atoms with Crippen LogP contribution in [0.3, 0.4) is 0 Å². The molecule has 0 aliphatic carbocycles. The Bertz CT molecular complexity index is 1170. The SMILES string of the molecule is CC(=O)Nc1ccc(C(F)(F)F)cc1NC(=O)c1c(C)nn(Cc2ccc(C)cc2)c1Cl. The Hall–Kier alpha value is -3.33. The zero-order valence-electron chi connectivity index (χ0n) is 17.5. The molecule has 0 saturated heterocycles. The van der Waals surface area contributed by atoms with Crippen LogP contribution in [0.15, 0.2) is 42.5 Å². The second kappa shape index (κ2) is 9.04. The average molecular weight is 465 g/mol.